The van der Waals surface area contributed by atoms with Gasteiger partial charge in [0.05, 0.1) is 25.3 Å². The number of primary amides is 1. The molecule has 2 amide bonds. The zero-order valence-electron chi connectivity index (χ0n) is 23.9. The van der Waals surface area contributed by atoms with Crippen LogP contribution in [0, 0.1) is 12.7 Å². The van der Waals surface area contributed by atoms with Gasteiger partial charge in [0.15, 0.2) is 0 Å². The number of nitrogens with zero attached hydrogens (tertiary/aromatic N) is 4. The number of nitrogens with two attached hydrogens (primary N) is 1. The molecule has 2 aliphatic rings. The molecule has 1 fully saturated rings. The van der Waals surface area contributed by atoms with Crippen molar-refractivity contribution in [3.8, 4) is 10.8 Å². The fourth-order valence-electron chi connectivity index (χ4n) is 5.49. The van der Waals surface area contributed by atoms with E-state index in [9.17, 15) is 23.9 Å². The van der Waals surface area contributed by atoms with Crippen LogP contribution >= 0.6 is 11.3 Å². The molecule has 1 unspecified atom stereocenters. The van der Waals surface area contributed by atoms with Gasteiger partial charge in [-0.2, -0.15) is 5.10 Å². The number of Topliss-reactive ketones (excluding diaryl/α,β-unsaturated/α-hetero) is 1. The first-order valence-electron chi connectivity index (χ1n) is 13.7. The molecule has 42 heavy (non-hydrogen) atoms. The highest BCUT2D eigenvalue weighted by Gasteiger charge is 2.49. The summed E-state index contributed by atoms with van der Waals surface area (Å²) in [5.74, 6) is -1.32. The van der Waals surface area contributed by atoms with Gasteiger partial charge in [-0.3, -0.25) is 19.3 Å². The van der Waals surface area contributed by atoms with Crippen molar-refractivity contribution < 1.29 is 33.4 Å². The third-order valence-electron chi connectivity index (χ3n) is 7.97. The van der Waals surface area contributed by atoms with E-state index in [1.54, 1.807) is 35.0 Å². The highest BCUT2D eigenvalue weighted by atomic mass is 32.1. The van der Waals surface area contributed by atoms with E-state index in [1.807, 2.05) is 0 Å². The first kappa shape index (κ1) is 29.7. The Bertz CT molecular complexity index is 1500. The van der Waals surface area contributed by atoms with E-state index >= 15 is 0 Å². The van der Waals surface area contributed by atoms with E-state index in [0.29, 0.717) is 58.1 Å². The molecule has 3 N–H and O–H groups in total. The average molecular weight is 600 g/mol. The zero-order valence-corrected chi connectivity index (χ0v) is 24.7. The van der Waals surface area contributed by atoms with Crippen molar-refractivity contribution in [3.63, 3.8) is 0 Å². The molecule has 3 heterocycles. The van der Waals surface area contributed by atoms with Crippen molar-refractivity contribution in [1.82, 2.24) is 14.7 Å². The fourth-order valence-corrected chi connectivity index (χ4v) is 6.76. The number of benzene rings is 1. The number of aliphatic hydroxyl groups excluding tert-OH is 1. The third-order valence-corrected chi connectivity index (χ3v) is 9.29. The van der Waals surface area contributed by atoms with Gasteiger partial charge in [0.1, 0.15) is 39.0 Å². The van der Waals surface area contributed by atoms with E-state index in [0.717, 1.165) is 4.90 Å². The van der Waals surface area contributed by atoms with E-state index < -0.39 is 35.6 Å². The molecule has 224 valence electrons. The van der Waals surface area contributed by atoms with Crippen LogP contribution in [0.25, 0.3) is 5.00 Å². The predicted octanol–water partition coefficient (Wildman–Crippen LogP) is 3.46. The molecule has 1 saturated carbocycles. The van der Waals surface area contributed by atoms with E-state index in [1.165, 1.54) is 50.5 Å². The topological polar surface area (TPSA) is 140 Å². The number of ketones is 1. The molecule has 13 heteroatoms. The Morgan fingerprint density at radius 3 is 2.60 bits per heavy atom. The lowest BCUT2D eigenvalue weighted by Crippen LogP contribution is -2.66. The standard InChI is InChI=1S/C29H34FN5O6S/c1-16-23-24(37)35(29(2,3)27(31)38)28(39)33(26(23)42-25(16)34-13-5-12-32-34)15-22(41-19-9-7-18(36)8-10-19)20-14-17(30)6-11-21(20)40-4/h5-6,11-14,19,22,28,39H,7-10,15H2,1-4H3,(H2,31,38)/t22-,28?/m0/s1. The maximum Gasteiger partial charge on any atom is 0.261 e. The minimum atomic E-state index is -1.62. The molecular weight excluding hydrogens is 565 g/mol. The van der Waals surface area contributed by atoms with Crippen LogP contribution in [0.5, 0.6) is 5.75 Å². The number of methoxy groups -OCH3 is 1. The number of carbonyl (C=O) groups is 3. The second-order valence-corrected chi connectivity index (χ2v) is 12.0. The van der Waals surface area contributed by atoms with Gasteiger partial charge in [-0.05, 0) is 57.9 Å². The van der Waals surface area contributed by atoms with Gasteiger partial charge >= 0.3 is 0 Å². The van der Waals surface area contributed by atoms with Crippen LogP contribution in [-0.2, 0) is 14.3 Å². The highest BCUT2D eigenvalue weighted by Crippen LogP contribution is 2.46. The molecule has 2 aromatic heterocycles. The molecule has 1 aliphatic carbocycles. The largest absolute Gasteiger partial charge is 0.496 e. The number of fused-ring (bicyclic) bond motifs is 1. The van der Waals surface area contributed by atoms with Gasteiger partial charge in [-0.15, -0.1) is 0 Å². The van der Waals surface area contributed by atoms with Crippen LogP contribution < -0.4 is 15.4 Å². The first-order chi connectivity index (χ1) is 19.9. The minimum Gasteiger partial charge on any atom is -0.496 e. The number of rotatable bonds is 9. The average Bonchev–Trinajstić information content (AvgIpc) is 3.59. The number of ether oxygens (including phenoxy) is 2. The summed E-state index contributed by atoms with van der Waals surface area (Å²) in [5.41, 5.74) is 5.45. The van der Waals surface area contributed by atoms with Crippen molar-refractivity contribution in [2.45, 2.75) is 70.6 Å². The highest BCUT2D eigenvalue weighted by molar-refractivity contribution is 7.19. The molecule has 1 aromatic carbocycles. The van der Waals surface area contributed by atoms with Crippen LogP contribution in [0.15, 0.2) is 36.7 Å². The van der Waals surface area contributed by atoms with Crippen LogP contribution in [0.3, 0.4) is 0 Å². The number of carbonyl (C=O) groups excluding carboxylic acids is 3. The molecule has 11 nitrogen and oxygen atoms in total. The Morgan fingerprint density at radius 1 is 1.26 bits per heavy atom. The van der Waals surface area contributed by atoms with E-state index in [-0.39, 0.29) is 18.4 Å². The van der Waals surface area contributed by atoms with Gasteiger partial charge in [-0.1, -0.05) is 11.3 Å². The quantitative estimate of drug-likeness (QED) is 0.381. The SMILES string of the molecule is COc1ccc(F)cc1[C@H](CN1c2sc(-n3cccn3)c(C)c2C(=O)N(C(C)(C)C(N)=O)C1O)OC1CCC(=O)CC1. The summed E-state index contributed by atoms with van der Waals surface area (Å²) in [4.78, 5) is 41.0. The number of hydrogen-bond donors (Lipinski definition) is 2. The lowest BCUT2D eigenvalue weighted by Gasteiger charge is -2.48. The van der Waals surface area contributed by atoms with Gasteiger partial charge in [0, 0.05) is 36.4 Å². The lowest BCUT2D eigenvalue weighted by atomic mass is 9.95. The number of halogens is 1. The molecule has 1 aliphatic heterocycles. The van der Waals surface area contributed by atoms with Crippen molar-refractivity contribution in [2.24, 2.45) is 5.73 Å². The predicted molar refractivity (Wildman–Crippen MR) is 153 cm³/mol. The van der Waals surface area contributed by atoms with Gasteiger partial charge < -0.3 is 25.2 Å². The summed E-state index contributed by atoms with van der Waals surface area (Å²) in [7, 11) is 1.47. The summed E-state index contributed by atoms with van der Waals surface area (Å²) in [6.45, 7) is 4.67. The van der Waals surface area contributed by atoms with Crippen molar-refractivity contribution in [2.75, 3.05) is 18.6 Å². The zero-order chi connectivity index (χ0) is 30.3. The Labute approximate surface area is 246 Å². The number of amides is 2. The lowest BCUT2D eigenvalue weighted by molar-refractivity contribution is -0.134. The second-order valence-electron chi connectivity index (χ2n) is 11.0. The summed E-state index contributed by atoms with van der Waals surface area (Å²) >= 11 is 1.25. The smallest absolute Gasteiger partial charge is 0.261 e. The number of aromatic nitrogens is 2. The monoisotopic (exact) mass is 599 g/mol. The number of thiophene rings is 1. The molecule has 0 spiro atoms. The third kappa shape index (κ3) is 5.27. The molecule has 0 saturated heterocycles. The minimum absolute atomic E-state index is 0.0461. The van der Waals surface area contributed by atoms with Crippen LogP contribution in [-0.4, -0.2) is 69.0 Å². The van der Waals surface area contributed by atoms with Gasteiger partial charge in [0.2, 0.25) is 12.3 Å². The molecule has 3 aromatic rings. The second kappa shape index (κ2) is 11.5. The summed E-state index contributed by atoms with van der Waals surface area (Å²) < 4.78 is 28.3. The van der Waals surface area contributed by atoms with E-state index in [2.05, 4.69) is 5.10 Å². The Kier molecular flexibility index (Phi) is 8.10. The fraction of sp³-hybridized carbons (Fsp3) is 0.448. The molecule has 0 bridgehead atoms. The number of anilines is 1. The summed E-state index contributed by atoms with van der Waals surface area (Å²) in [5, 5.41) is 17.2. The normalized spacial score (nSPS) is 18.8. The van der Waals surface area contributed by atoms with Crippen molar-refractivity contribution in [1.29, 1.82) is 0 Å². The number of aliphatic hydroxyl groups is 1. The maximum atomic E-state index is 14.6. The molecule has 0 radical (unpaired) electrons. The Balaban J connectivity index is 1.64. The molecular formula is C29H34FN5O6S. The van der Waals surface area contributed by atoms with Crippen molar-refractivity contribution >= 4 is 33.9 Å². The molecule has 2 atom stereocenters. The van der Waals surface area contributed by atoms with E-state index in [4.69, 9.17) is 15.2 Å². The summed E-state index contributed by atoms with van der Waals surface area (Å²) in [6.07, 6.45) is 2.35. The van der Waals surface area contributed by atoms with Crippen LogP contribution in [0.4, 0.5) is 9.39 Å². The van der Waals surface area contributed by atoms with Gasteiger partial charge in [-0.25, -0.2) is 9.07 Å². The Morgan fingerprint density at radius 2 is 1.98 bits per heavy atom. The van der Waals surface area contributed by atoms with Crippen molar-refractivity contribution in [3.05, 3.63) is 59.2 Å². The first-order valence-corrected chi connectivity index (χ1v) is 14.5. The molecule has 5 rings (SSSR count). The maximum absolute atomic E-state index is 14.6. The Hall–Kier alpha value is -3.81. The van der Waals surface area contributed by atoms with Gasteiger partial charge in [0.25, 0.3) is 5.91 Å². The number of hydrogen-bond acceptors (Lipinski definition) is 9. The van der Waals surface area contributed by atoms with Crippen LogP contribution in [0.1, 0.15) is 67.1 Å². The van der Waals surface area contributed by atoms with Crippen LogP contribution in [0.2, 0.25) is 0 Å². The summed E-state index contributed by atoms with van der Waals surface area (Å²) in [6, 6.07) is 5.85.